The average molecular weight is 224 g/mol. The molecule has 1 atom stereocenters. The molecule has 1 saturated carbocycles. The summed E-state index contributed by atoms with van der Waals surface area (Å²) in [4.78, 5) is 11.5. The van der Waals surface area contributed by atoms with Gasteiger partial charge in [-0.15, -0.1) is 0 Å². The van der Waals surface area contributed by atoms with Crippen LogP contribution in [-0.2, 0) is 16.1 Å². The summed E-state index contributed by atoms with van der Waals surface area (Å²) in [6, 6.07) is 1.65. The van der Waals surface area contributed by atoms with Gasteiger partial charge in [-0.2, -0.15) is 0 Å². The number of hydrogen-bond acceptors (Lipinski definition) is 5. The van der Waals surface area contributed by atoms with Gasteiger partial charge in [0.1, 0.15) is 11.8 Å². The summed E-state index contributed by atoms with van der Waals surface area (Å²) >= 11 is 0. The van der Waals surface area contributed by atoms with Crippen molar-refractivity contribution < 1.29 is 14.1 Å². The van der Waals surface area contributed by atoms with E-state index in [1.807, 2.05) is 13.0 Å². The fraction of sp³-hybridized carbons (Fsp3) is 0.636. The van der Waals surface area contributed by atoms with E-state index in [4.69, 9.17) is 9.26 Å². The maximum atomic E-state index is 11.5. The number of rotatable bonds is 5. The lowest BCUT2D eigenvalue weighted by molar-refractivity contribution is -0.143. The number of ether oxygens (including phenoxy) is 1. The van der Waals surface area contributed by atoms with Gasteiger partial charge in [-0.05, 0) is 25.7 Å². The van der Waals surface area contributed by atoms with E-state index in [9.17, 15) is 4.79 Å². The molecule has 0 amide bonds. The molecule has 0 aromatic carbocycles. The number of carbonyl (C=O) groups excluding carboxylic acids is 1. The number of nitrogens with one attached hydrogen (secondary N) is 1. The Bertz CT molecular complexity index is 371. The van der Waals surface area contributed by atoms with Crippen molar-refractivity contribution in [3.05, 3.63) is 17.5 Å². The van der Waals surface area contributed by atoms with Crippen molar-refractivity contribution in [3.63, 3.8) is 0 Å². The first-order valence-corrected chi connectivity index (χ1v) is 5.44. The number of carbonyl (C=O) groups is 1. The van der Waals surface area contributed by atoms with Gasteiger partial charge in [0.2, 0.25) is 0 Å². The highest BCUT2D eigenvalue weighted by Crippen LogP contribution is 2.33. The van der Waals surface area contributed by atoms with E-state index in [1.54, 1.807) is 0 Å². The van der Waals surface area contributed by atoms with Gasteiger partial charge < -0.3 is 9.26 Å². The van der Waals surface area contributed by atoms with Crippen LogP contribution in [-0.4, -0.2) is 24.3 Å². The van der Waals surface area contributed by atoms with Crippen molar-refractivity contribution in [1.29, 1.82) is 0 Å². The molecule has 0 radical (unpaired) electrons. The smallest absolute Gasteiger partial charge is 0.323 e. The number of esters is 1. The molecule has 0 aliphatic heterocycles. The molecular formula is C11H16N2O3. The van der Waals surface area contributed by atoms with E-state index in [2.05, 4.69) is 10.5 Å². The summed E-state index contributed by atoms with van der Waals surface area (Å²) in [5, 5.41) is 7.03. The minimum absolute atomic E-state index is 0.192. The Morgan fingerprint density at radius 1 is 1.75 bits per heavy atom. The lowest BCUT2D eigenvalue weighted by atomic mass is 10.2. The van der Waals surface area contributed by atoms with E-state index in [0.717, 1.165) is 24.3 Å². The van der Waals surface area contributed by atoms with E-state index < -0.39 is 0 Å². The van der Waals surface area contributed by atoms with Crippen molar-refractivity contribution in [2.75, 3.05) is 7.11 Å². The molecule has 1 aromatic rings. The number of aryl methyl sites for hydroxylation is 1. The Hall–Kier alpha value is -1.36. The minimum atomic E-state index is -0.206. The maximum Gasteiger partial charge on any atom is 0.323 e. The van der Waals surface area contributed by atoms with Crippen LogP contribution in [0, 0.1) is 12.8 Å². The highest BCUT2D eigenvalue weighted by Gasteiger charge is 2.36. The van der Waals surface area contributed by atoms with Crippen molar-refractivity contribution >= 4 is 5.97 Å². The van der Waals surface area contributed by atoms with Crippen LogP contribution >= 0.6 is 0 Å². The summed E-state index contributed by atoms with van der Waals surface area (Å²) in [5.74, 6) is 1.00. The first-order chi connectivity index (χ1) is 7.70. The molecule has 5 nitrogen and oxygen atoms in total. The topological polar surface area (TPSA) is 64.4 Å². The molecule has 1 fully saturated rings. The molecule has 16 heavy (non-hydrogen) atoms. The Morgan fingerprint density at radius 2 is 2.50 bits per heavy atom. The first-order valence-electron chi connectivity index (χ1n) is 5.44. The Kier molecular flexibility index (Phi) is 3.24. The van der Waals surface area contributed by atoms with Crippen molar-refractivity contribution in [2.45, 2.75) is 32.4 Å². The van der Waals surface area contributed by atoms with Gasteiger partial charge in [-0.3, -0.25) is 10.1 Å². The van der Waals surface area contributed by atoms with Crippen LogP contribution in [0.15, 0.2) is 10.6 Å². The molecule has 1 aliphatic carbocycles. The molecule has 0 spiro atoms. The normalized spacial score (nSPS) is 17.1. The van der Waals surface area contributed by atoms with Crippen LogP contribution in [0.5, 0.6) is 0 Å². The molecule has 0 bridgehead atoms. The number of aromatic nitrogens is 1. The second-order valence-electron chi connectivity index (χ2n) is 4.15. The molecule has 1 aliphatic rings. The standard InChI is InChI=1S/C11H16N2O3/c1-7-5-9(13-16-7)6-12-10(8-3-4-8)11(14)15-2/h5,8,10,12H,3-4,6H2,1-2H3. The van der Waals surface area contributed by atoms with Gasteiger partial charge in [0.25, 0.3) is 0 Å². The number of hydrogen-bond donors (Lipinski definition) is 1. The molecular weight excluding hydrogens is 208 g/mol. The quantitative estimate of drug-likeness (QED) is 0.756. The predicted octanol–water partition coefficient (Wildman–Crippen LogP) is 1.02. The van der Waals surface area contributed by atoms with Gasteiger partial charge in [-0.1, -0.05) is 5.16 Å². The SMILES string of the molecule is COC(=O)C(NCc1cc(C)on1)C1CC1. The zero-order valence-electron chi connectivity index (χ0n) is 9.53. The second-order valence-corrected chi connectivity index (χ2v) is 4.15. The predicted molar refractivity (Wildman–Crippen MR) is 56.6 cm³/mol. The average Bonchev–Trinajstić information content (AvgIpc) is 3.02. The Labute approximate surface area is 94.1 Å². The monoisotopic (exact) mass is 224 g/mol. The van der Waals surface area contributed by atoms with Crippen molar-refractivity contribution in [1.82, 2.24) is 10.5 Å². The fourth-order valence-electron chi connectivity index (χ4n) is 1.71. The summed E-state index contributed by atoms with van der Waals surface area (Å²) in [5.41, 5.74) is 0.812. The zero-order chi connectivity index (χ0) is 11.5. The van der Waals surface area contributed by atoms with Gasteiger partial charge >= 0.3 is 5.97 Å². The third-order valence-corrected chi connectivity index (χ3v) is 2.73. The highest BCUT2D eigenvalue weighted by atomic mass is 16.5. The summed E-state index contributed by atoms with van der Waals surface area (Å²) in [6.07, 6.45) is 2.18. The van der Waals surface area contributed by atoms with E-state index in [1.165, 1.54) is 7.11 Å². The van der Waals surface area contributed by atoms with Crippen LogP contribution in [0.4, 0.5) is 0 Å². The van der Waals surface area contributed by atoms with Crippen molar-refractivity contribution in [2.24, 2.45) is 5.92 Å². The number of methoxy groups -OCH3 is 1. The summed E-state index contributed by atoms with van der Waals surface area (Å²) in [6.45, 7) is 2.38. The van der Waals surface area contributed by atoms with Gasteiger partial charge in [0.15, 0.2) is 0 Å². The first kappa shape index (κ1) is 11.1. The summed E-state index contributed by atoms with van der Waals surface area (Å²) < 4.78 is 9.72. The minimum Gasteiger partial charge on any atom is -0.468 e. The maximum absolute atomic E-state index is 11.5. The van der Waals surface area contributed by atoms with Crippen molar-refractivity contribution in [3.8, 4) is 0 Å². The van der Waals surface area contributed by atoms with Crippen LogP contribution in [0.25, 0.3) is 0 Å². The van der Waals surface area contributed by atoms with Crippen LogP contribution < -0.4 is 5.32 Å². The third kappa shape index (κ3) is 2.61. The van der Waals surface area contributed by atoms with E-state index in [-0.39, 0.29) is 12.0 Å². The van der Waals surface area contributed by atoms with Crippen LogP contribution in [0.2, 0.25) is 0 Å². The van der Waals surface area contributed by atoms with Crippen LogP contribution in [0.3, 0.4) is 0 Å². The molecule has 1 heterocycles. The highest BCUT2D eigenvalue weighted by molar-refractivity contribution is 5.76. The lowest BCUT2D eigenvalue weighted by Crippen LogP contribution is -2.39. The van der Waals surface area contributed by atoms with Gasteiger partial charge in [0.05, 0.1) is 12.8 Å². The summed E-state index contributed by atoms with van der Waals surface area (Å²) in [7, 11) is 1.42. The molecule has 0 saturated heterocycles. The Balaban J connectivity index is 1.88. The zero-order valence-corrected chi connectivity index (χ0v) is 9.53. The molecule has 5 heteroatoms. The molecule has 1 unspecified atom stereocenters. The lowest BCUT2D eigenvalue weighted by Gasteiger charge is -2.14. The number of nitrogens with zero attached hydrogens (tertiary/aromatic N) is 1. The molecule has 1 N–H and O–H groups in total. The van der Waals surface area contributed by atoms with E-state index >= 15 is 0 Å². The molecule has 2 rings (SSSR count). The molecule has 1 aromatic heterocycles. The molecule has 88 valence electrons. The Morgan fingerprint density at radius 3 is 3.00 bits per heavy atom. The van der Waals surface area contributed by atoms with Crippen LogP contribution in [0.1, 0.15) is 24.3 Å². The third-order valence-electron chi connectivity index (χ3n) is 2.73. The van der Waals surface area contributed by atoms with E-state index in [0.29, 0.717) is 12.5 Å². The van der Waals surface area contributed by atoms with Gasteiger partial charge in [0, 0.05) is 12.6 Å². The second kappa shape index (κ2) is 4.65. The fourth-order valence-corrected chi connectivity index (χ4v) is 1.71. The largest absolute Gasteiger partial charge is 0.468 e. The van der Waals surface area contributed by atoms with Gasteiger partial charge in [-0.25, -0.2) is 0 Å².